The predicted octanol–water partition coefficient (Wildman–Crippen LogP) is 3.44. The molecule has 39 heavy (non-hydrogen) atoms. The number of rotatable bonds is 7. The highest BCUT2D eigenvalue weighted by atomic mass is 16.5. The summed E-state index contributed by atoms with van der Waals surface area (Å²) in [6.07, 6.45) is 0.755. The molecule has 3 atom stereocenters. The summed E-state index contributed by atoms with van der Waals surface area (Å²) in [5.41, 5.74) is 1.38. The Kier molecular flexibility index (Phi) is 9.42. The number of likely N-dealkylation sites (N-methyl/N-ethyl adjacent to an activating group) is 1. The summed E-state index contributed by atoms with van der Waals surface area (Å²) in [6.45, 7) is 5.17. The maximum atomic E-state index is 13.6. The van der Waals surface area contributed by atoms with E-state index < -0.39 is 12.1 Å². The molecule has 0 bridgehead atoms. The monoisotopic (exact) mass is 538 g/mol. The lowest BCUT2D eigenvalue weighted by atomic mass is 9.98. The number of nitrogens with one attached hydrogen (secondary N) is 2. The number of aliphatic hydroxyl groups is 1. The quantitative estimate of drug-likeness (QED) is 0.497. The number of para-hydroxylation sites is 2. The Balaban J connectivity index is 1.62. The molecule has 4 amide bonds. The third-order valence-corrected chi connectivity index (χ3v) is 7.37. The van der Waals surface area contributed by atoms with Crippen molar-refractivity contribution < 1.29 is 29.0 Å². The van der Waals surface area contributed by atoms with Crippen molar-refractivity contribution >= 4 is 29.2 Å². The van der Waals surface area contributed by atoms with Gasteiger partial charge in [-0.2, -0.15) is 0 Å². The van der Waals surface area contributed by atoms with Gasteiger partial charge < -0.3 is 35.0 Å². The normalized spacial score (nSPS) is 20.6. The molecular weight excluding hydrogens is 500 g/mol. The highest BCUT2D eigenvalue weighted by molar-refractivity contribution is 6.02. The molecule has 2 aliphatic rings. The first kappa shape index (κ1) is 28.4. The van der Waals surface area contributed by atoms with Crippen molar-refractivity contribution in [2.24, 2.45) is 11.8 Å². The predicted molar refractivity (Wildman–Crippen MR) is 148 cm³/mol. The van der Waals surface area contributed by atoms with Crippen molar-refractivity contribution in [1.82, 2.24) is 9.80 Å². The fourth-order valence-corrected chi connectivity index (χ4v) is 4.85. The Bertz CT molecular complexity index is 1150. The summed E-state index contributed by atoms with van der Waals surface area (Å²) in [4.78, 5) is 42.8. The van der Waals surface area contributed by atoms with Gasteiger partial charge in [0.05, 0.1) is 30.4 Å². The number of urea groups is 1. The van der Waals surface area contributed by atoms with Gasteiger partial charge in [0.1, 0.15) is 6.10 Å². The van der Waals surface area contributed by atoms with Crippen LogP contribution >= 0.6 is 0 Å². The second-order valence-corrected chi connectivity index (χ2v) is 10.4. The van der Waals surface area contributed by atoms with E-state index in [1.54, 1.807) is 42.0 Å². The van der Waals surface area contributed by atoms with E-state index in [9.17, 15) is 19.5 Å². The molecule has 0 radical (unpaired) electrons. The first-order valence-electron chi connectivity index (χ1n) is 13.5. The van der Waals surface area contributed by atoms with E-state index in [0.717, 1.165) is 0 Å². The number of nitrogens with zero attached hydrogens (tertiary/aromatic N) is 2. The molecule has 2 aromatic carbocycles. The third-order valence-electron chi connectivity index (χ3n) is 7.37. The van der Waals surface area contributed by atoms with Crippen LogP contribution in [0.2, 0.25) is 0 Å². The molecule has 2 aromatic rings. The molecule has 2 aliphatic heterocycles. The van der Waals surface area contributed by atoms with Crippen LogP contribution in [-0.2, 0) is 9.53 Å². The van der Waals surface area contributed by atoms with Crippen LogP contribution in [-0.4, -0.2) is 84.9 Å². The molecule has 0 saturated carbocycles. The van der Waals surface area contributed by atoms with E-state index >= 15 is 0 Å². The minimum absolute atomic E-state index is 0.144. The van der Waals surface area contributed by atoms with Crippen LogP contribution in [0, 0.1) is 11.8 Å². The molecule has 1 fully saturated rings. The van der Waals surface area contributed by atoms with E-state index in [-0.39, 0.29) is 48.6 Å². The lowest BCUT2D eigenvalue weighted by Gasteiger charge is -2.38. The van der Waals surface area contributed by atoms with Gasteiger partial charge in [0.15, 0.2) is 5.75 Å². The summed E-state index contributed by atoms with van der Waals surface area (Å²) < 4.78 is 11.9. The number of benzene rings is 2. The Morgan fingerprint density at radius 1 is 1.10 bits per heavy atom. The SMILES string of the molecule is C[C@H]1CN([C@@H](C)CO)C(=O)c2cccc(NC(=O)C3CCOCC3)c2O[C@H]1CN(C)C(=O)Nc1ccccc1. The molecule has 3 N–H and O–H groups in total. The number of fused-ring (bicyclic) bond motifs is 1. The molecule has 0 aliphatic carbocycles. The maximum absolute atomic E-state index is 13.6. The van der Waals surface area contributed by atoms with E-state index in [0.29, 0.717) is 49.5 Å². The van der Waals surface area contributed by atoms with Crippen molar-refractivity contribution in [1.29, 1.82) is 0 Å². The number of carbonyl (C=O) groups excluding carboxylic acids is 3. The smallest absolute Gasteiger partial charge is 0.321 e. The molecule has 1 saturated heterocycles. The Morgan fingerprint density at radius 2 is 1.82 bits per heavy atom. The number of ether oxygens (including phenoxy) is 2. The fourth-order valence-electron chi connectivity index (χ4n) is 4.85. The van der Waals surface area contributed by atoms with Gasteiger partial charge in [0.2, 0.25) is 5.91 Å². The molecule has 2 heterocycles. The summed E-state index contributed by atoms with van der Waals surface area (Å²) in [7, 11) is 1.69. The van der Waals surface area contributed by atoms with Crippen LogP contribution < -0.4 is 15.4 Å². The summed E-state index contributed by atoms with van der Waals surface area (Å²) in [6, 6.07) is 13.6. The van der Waals surface area contributed by atoms with Crippen LogP contribution in [0.15, 0.2) is 48.5 Å². The first-order valence-corrected chi connectivity index (χ1v) is 13.5. The van der Waals surface area contributed by atoms with E-state index in [4.69, 9.17) is 9.47 Å². The average Bonchev–Trinajstić information content (AvgIpc) is 2.95. The number of aliphatic hydroxyl groups excluding tert-OH is 1. The second-order valence-electron chi connectivity index (χ2n) is 10.4. The van der Waals surface area contributed by atoms with Crippen LogP contribution in [0.5, 0.6) is 5.75 Å². The molecule has 10 nitrogen and oxygen atoms in total. The fraction of sp³-hybridized carbons (Fsp3) is 0.483. The minimum atomic E-state index is -0.502. The lowest BCUT2D eigenvalue weighted by molar-refractivity contribution is -0.122. The third kappa shape index (κ3) is 6.88. The molecule has 210 valence electrons. The number of hydrogen-bond donors (Lipinski definition) is 3. The highest BCUT2D eigenvalue weighted by Crippen LogP contribution is 2.35. The number of amides is 4. The van der Waals surface area contributed by atoms with Gasteiger partial charge in [-0.3, -0.25) is 9.59 Å². The summed E-state index contributed by atoms with van der Waals surface area (Å²) in [5, 5.41) is 15.7. The zero-order valence-electron chi connectivity index (χ0n) is 22.8. The van der Waals surface area contributed by atoms with Crippen LogP contribution in [0.25, 0.3) is 0 Å². The van der Waals surface area contributed by atoms with Crippen LogP contribution in [0.3, 0.4) is 0 Å². The largest absolute Gasteiger partial charge is 0.485 e. The van der Waals surface area contributed by atoms with Gasteiger partial charge in [-0.15, -0.1) is 0 Å². The topological polar surface area (TPSA) is 120 Å². The maximum Gasteiger partial charge on any atom is 0.321 e. The van der Waals surface area contributed by atoms with Crippen molar-refractivity contribution in [3.8, 4) is 5.75 Å². The molecular formula is C29H38N4O6. The Hall–Kier alpha value is -3.63. The van der Waals surface area contributed by atoms with E-state index in [1.165, 1.54) is 0 Å². The summed E-state index contributed by atoms with van der Waals surface area (Å²) in [5.74, 6) is -0.537. The van der Waals surface area contributed by atoms with Gasteiger partial charge >= 0.3 is 6.03 Å². The van der Waals surface area contributed by atoms with Crippen molar-refractivity contribution in [2.45, 2.75) is 38.8 Å². The average molecular weight is 539 g/mol. The standard InChI is InChI=1S/C29H38N4O6/c1-19-16-33(20(2)18-34)28(36)23-10-7-11-24(31-27(35)21-12-14-38-15-13-21)26(23)39-25(19)17-32(3)29(37)30-22-8-5-4-6-9-22/h4-11,19-21,25,34H,12-18H2,1-3H3,(H,30,37)(H,31,35)/t19-,20-,25-/m0/s1. The molecule has 0 aromatic heterocycles. The first-order chi connectivity index (χ1) is 18.8. The van der Waals surface area contributed by atoms with Gasteiger partial charge in [-0.1, -0.05) is 31.2 Å². The van der Waals surface area contributed by atoms with Crippen molar-refractivity contribution in [3.05, 3.63) is 54.1 Å². The number of hydrogen-bond acceptors (Lipinski definition) is 6. The van der Waals surface area contributed by atoms with Crippen LogP contribution in [0.1, 0.15) is 37.0 Å². The number of anilines is 2. The van der Waals surface area contributed by atoms with Gasteiger partial charge in [0.25, 0.3) is 5.91 Å². The molecule has 10 heteroatoms. The molecule has 4 rings (SSSR count). The van der Waals surface area contributed by atoms with Gasteiger partial charge in [-0.05, 0) is 44.0 Å². The summed E-state index contributed by atoms with van der Waals surface area (Å²) >= 11 is 0. The molecule has 0 unspecified atom stereocenters. The zero-order chi connectivity index (χ0) is 27.9. The Labute approximate surface area is 229 Å². The minimum Gasteiger partial charge on any atom is -0.485 e. The van der Waals surface area contributed by atoms with E-state index in [1.807, 2.05) is 37.3 Å². The second kappa shape index (κ2) is 12.9. The Morgan fingerprint density at radius 3 is 2.51 bits per heavy atom. The van der Waals surface area contributed by atoms with Crippen molar-refractivity contribution in [2.75, 3.05) is 50.6 Å². The van der Waals surface area contributed by atoms with Gasteiger partial charge in [-0.25, -0.2) is 4.79 Å². The molecule has 0 spiro atoms. The van der Waals surface area contributed by atoms with E-state index in [2.05, 4.69) is 10.6 Å². The highest BCUT2D eigenvalue weighted by Gasteiger charge is 2.35. The van der Waals surface area contributed by atoms with Crippen LogP contribution in [0.4, 0.5) is 16.2 Å². The zero-order valence-corrected chi connectivity index (χ0v) is 22.8. The van der Waals surface area contributed by atoms with Gasteiger partial charge in [0, 0.05) is 44.3 Å². The lowest BCUT2D eigenvalue weighted by Crippen LogP contribution is -2.50. The number of carbonyl (C=O) groups is 3. The van der Waals surface area contributed by atoms with Crippen molar-refractivity contribution in [3.63, 3.8) is 0 Å².